The van der Waals surface area contributed by atoms with Gasteiger partial charge in [0.25, 0.3) is 0 Å². The van der Waals surface area contributed by atoms with Gasteiger partial charge in [0.1, 0.15) is 0 Å². The first-order valence-electron chi connectivity index (χ1n) is 7.35. The normalized spacial score (nSPS) is 35.3. The Hall–Kier alpha value is 0.270. The maximum absolute atomic E-state index is 3.68. The molecule has 0 aromatic heterocycles. The van der Waals surface area contributed by atoms with Gasteiger partial charge in [0.05, 0.1) is 0 Å². The Balaban J connectivity index is 1.81. The van der Waals surface area contributed by atoms with Gasteiger partial charge in [-0.05, 0) is 38.5 Å². The molecule has 3 atom stereocenters. The Morgan fingerprint density at radius 2 is 2.06 bits per heavy atom. The van der Waals surface area contributed by atoms with E-state index in [0.29, 0.717) is 0 Å². The van der Waals surface area contributed by atoms with Gasteiger partial charge in [0, 0.05) is 30.4 Å². The Labute approximate surface area is 111 Å². The summed E-state index contributed by atoms with van der Waals surface area (Å²) in [5.41, 5.74) is 0. The second kappa shape index (κ2) is 7.01. The van der Waals surface area contributed by atoms with E-state index in [0.717, 1.165) is 17.3 Å². The molecule has 0 spiro atoms. The first-order valence-corrected chi connectivity index (χ1v) is 8.64. The van der Waals surface area contributed by atoms with E-state index in [1.54, 1.807) is 0 Å². The number of hydrogen-bond acceptors (Lipinski definition) is 3. The average Bonchev–Trinajstić information content (AvgIpc) is 2.85. The molecule has 3 unspecified atom stereocenters. The fraction of sp³-hybridized carbons (Fsp3) is 1.00. The Morgan fingerprint density at radius 1 is 1.24 bits per heavy atom. The van der Waals surface area contributed by atoms with E-state index >= 15 is 0 Å². The summed E-state index contributed by atoms with van der Waals surface area (Å²) >= 11 is 2.10. The van der Waals surface area contributed by atoms with Gasteiger partial charge in [-0.3, -0.25) is 4.90 Å². The lowest BCUT2D eigenvalue weighted by Gasteiger charge is -2.37. The van der Waals surface area contributed by atoms with Crippen molar-refractivity contribution in [2.45, 2.75) is 62.8 Å². The maximum Gasteiger partial charge on any atom is 0.0215 e. The smallest absolute Gasteiger partial charge is 0.0215 e. The topological polar surface area (TPSA) is 15.3 Å². The summed E-state index contributed by atoms with van der Waals surface area (Å²) in [5.74, 6) is 0. The van der Waals surface area contributed by atoms with Crippen molar-refractivity contribution in [2.75, 3.05) is 25.9 Å². The number of nitrogens with one attached hydrogen (secondary N) is 1. The molecular formula is C14H28N2S. The molecule has 2 aliphatic rings. The molecule has 2 nitrogen and oxygen atoms in total. The minimum atomic E-state index is 0.763. The van der Waals surface area contributed by atoms with Crippen LogP contribution in [0.3, 0.4) is 0 Å². The lowest BCUT2D eigenvalue weighted by Crippen LogP contribution is -2.44. The predicted octanol–water partition coefficient (Wildman–Crippen LogP) is 2.73. The van der Waals surface area contributed by atoms with Crippen LogP contribution in [0.25, 0.3) is 0 Å². The molecule has 0 amide bonds. The molecule has 1 saturated heterocycles. The number of likely N-dealkylation sites (tertiary alicyclic amines) is 1. The van der Waals surface area contributed by atoms with Crippen LogP contribution >= 0.6 is 11.8 Å². The minimum absolute atomic E-state index is 0.763. The van der Waals surface area contributed by atoms with Crippen molar-refractivity contribution in [3.63, 3.8) is 0 Å². The molecule has 1 saturated carbocycles. The summed E-state index contributed by atoms with van der Waals surface area (Å²) in [6, 6.07) is 1.63. The quantitative estimate of drug-likeness (QED) is 0.814. The van der Waals surface area contributed by atoms with Crippen molar-refractivity contribution in [3.8, 4) is 0 Å². The highest BCUT2D eigenvalue weighted by molar-refractivity contribution is 7.99. The largest absolute Gasteiger partial charge is 0.313 e. The van der Waals surface area contributed by atoms with E-state index in [9.17, 15) is 0 Å². The van der Waals surface area contributed by atoms with Gasteiger partial charge < -0.3 is 5.32 Å². The SMILES string of the molecule is CCCNC1CCN(C2CCCCC2SC)C1. The highest BCUT2D eigenvalue weighted by atomic mass is 32.2. The number of hydrogen-bond donors (Lipinski definition) is 1. The van der Waals surface area contributed by atoms with Gasteiger partial charge >= 0.3 is 0 Å². The third-order valence-electron chi connectivity index (χ3n) is 4.34. The van der Waals surface area contributed by atoms with E-state index in [1.165, 1.54) is 58.2 Å². The van der Waals surface area contributed by atoms with E-state index < -0.39 is 0 Å². The molecular weight excluding hydrogens is 228 g/mol. The highest BCUT2D eigenvalue weighted by Gasteiger charge is 2.33. The molecule has 1 N–H and O–H groups in total. The molecule has 1 aliphatic heterocycles. The van der Waals surface area contributed by atoms with Crippen molar-refractivity contribution in [2.24, 2.45) is 0 Å². The molecule has 2 rings (SSSR count). The van der Waals surface area contributed by atoms with Crippen LogP contribution in [0.15, 0.2) is 0 Å². The van der Waals surface area contributed by atoms with Gasteiger partial charge in [-0.1, -0.05) is 19.8 Å². The molecule has 1 heterocycles. The molecule has 0 radical (unpaired) electrons. The van der Waals surface area contributed by atoms with Gasteiger partial charge in [-0.15, -0.1) is 0 Å². The van der Waals surface area contributed by atoms with Gasteiger partial charge in [0.2, 0.25) is 0 Å². The summed E-state index contributed by atoms with van der Waals surface area (Å²) in [5, 5.41) is 4.58. The van der Waals surface area contributed by atoms with E-state index in [-0.39, 0.29) is 0 Å². The summed E-state index contributed by atoms with van der Waals surface area (Å²) in [6.07, 6.45) is 10.7. The standard InChI is InChI=1S/C14H28N2S/c1-3-9-15-12-8-10-16(11-12)13-6-4-5-7-14(13)17-2/h12-15H,3-11H2,1-2H3. The third kappa shape index (κ3) is 3.62. The monoisotopic (exact) mass is 256 g/mol. The first-order chi connectivity index (χ1) is 8.35. The zero-order chi connectivity index (χ0) is 12.1. The van der Waals surface area contributed by atoms with Crippen molar-refractivity contribution in [3.05, 3.63) is 0 Å². The van der Waals surface area contributed by atoms with Gasteiger partial charge in [-0.2, -0.15) is 11.8 Å². The molecule has 2 fully saturated rings. The van der Waals surface area contributed by atoms with Crippen LogP contribution in [0.1, 0.15) is 45.4 Å². The molecule has 1 aliphatic carbocycles. The molecule has 17 heavy (non-hydrogen) atoms. The maximum atomic E-state index is 3.68. The third-order valence-corrected chi connectivity index (χ3v) is 5.50. The van der Waals surface area contributed by atoms with Crippen LogP contribution in [-0.2, 0) is 0 Å². The fourth-order valence-electron chi connectivity index (χ4n) is 3.37. The van der Waals surface area contributed by atoms with E-state index in [2.05, 4.69) is 35.2 Å². The summed E-state index contributed by atoms with van der Waals surface area (Å²) < 4.78 is 0. The second-order valence-electron chi connectivity index (χ2n) is 5.56. The summed E-state index contributed by atoms with van der Waals surface area (Å²) in [7, 11) is 0. The van der Waals surface area contributed by atoms with Crippen molar-refractivity contribution < 1.29 is 0 Å². The fourth-order valence-corrected chi connectivity index (χ4v) is 4.40. The van der Waals surface area contributed by atoms with Crippen molar-refractivity contribution >= 4 is 11.8 Å². The Bertz CT molecular complexity index is 222. The van der Waals surface area contributed by atoms with Gasteiger partial charge in [0.15, 0.2) is 0 Å². The zero-order valence-corrected chi connectivity index (χ0v) is 12.3. The molecule has 0 bridgehead atoms. The lowest BCUT2D eigenvalue weighted by molar-refractivity contribution is 0.194. The average molecular weight is 256 g/mol. The molecule has 100 valence electrons. The van der Waals surface area contributed by atoms with Crippen molar-refractivity contribution in [1.82, 2.24) is 10.2 Å². The highest BCUT2D eigenvalue weighted by Crippen LogP contribution is 2.32. The minimum Gasteiger partial charge on any atom is -0.313 e. The van der Waals surface area contributed by atoms with Crippen LogP contribution in [0.4, 0.5) is 0 Å². The van der Waals surface area contributed by atoms with Crippen LogP contribution in [-0.4, -0.2) is 48.1 Å². The lowest BCUT2D eigenvalue weighted by atomic mass is 9.94. The second-order valence-corrected chi connectivity index (χ2v) is 6.64. The van der Waals surface area contributed by atoms with Crippen LogP contribution in [0.2, 0.25) is 0 Å². The van der Waals surface area contributed by atoms with E-state index in [4.69, 9.17) is 0 Å². The van der Waals surface area contributed by atoms with Crippen molar-refractivity contribution in [1.29, 1.82) is 0 Å². The van der Waals surface area contributed by atoms with Crippen LogP contribution in [0.5, 0.6) is 0 Å². The van der Waals surface area contributed by atoms with Crippen LogP contribution < -0.4 is 5.32 Å². The molecule has 3 heteroatoms. The Morgan fingerprint density at radius 3 is 2.82 bits per heavy atom. The summed E-state index contributed by atoms with van der Waals surface area (Å²) in [4.78, 5) is 2.77. The van der Waals surface area contributed by atoms with Crippen LogP contribution in [0, 0.1) is 0 Å². The predicted molar refractivity (Wildman–Crippen MR) is 77.8 cm³/mol. The summed E-state index contributed by atoms with van der Waals surface area (Å²) in [6.45, 7) is 6.06. The van der Waals surface area contributed by atoms with E-state index in [1.807, 2.05) is 0 Å². The van der Waals surface area contributed by atoms with Gasteiger partial charge in [-0.25, -0.2) is 0 Å². The number of rotatable bonds is 5. The number of nitrogens with zero attached hydrogens (tertiary/aromatic N) is 1. The first kappa shape index (κ1) is 13.7. The Kier molecular flexibility index (Phi) is 5.64. The zero-order valence-electron chi connectivity index (χ0n) is 11.5. The molecule has 0 aromatic carbocycles. The number of thioether (sulfide) groups is 1. The molecule has 0 aromatic rings.